The van der Waals surface area contributed by atoms with E-state index in [4.69, 9.17) is 0 Å². The topological polar surface area (TPSA) is 0 Å². The van der Waals surface area contributed by atoms with Crippen molar-refractivity contribution in [3.05, 3.63) is 108 Å². The van der Waals surface area contributed by atoms with Crippen molar-refractivity contribution in [2.45, 2.75) is 102 Å². The van der Waals surface area contributed by atoms with Gasteiger partial charge in [0.2, 0.25) is 0 Å². The minimum absolute atomic E-state index is 0.137. The molecule has 36 heavy (non-hydrogen) atoms. The molecule has 0 bridgehead atoms. The third kappa shape index (κ3) is 10.6. The molecule has 0 aliphatic heterocycles. The Bertz CT molecular complexity index is 877. The van der Waals surface area contributed by atoms with E-state index in [0.717, 1.165) is 19.3 Å². The number of benzene rings is 3. The van der Waals surface area contributed by atoms with Crippen LogP contribution in [0.4, 0.5) is 0 Å². The molecule has 0 fully saturated rings. The van der Waals surface area contributed by atoms with E-state index in [1.54, 1.807) is 0 Å². The summed E-state index contributed by atoms with van der Waals surface area (Å²) in [5.41, 5.74) is 4.37. The van der Waals surface area contributed by atoms with E-state index in [9.17, 15) is 0 Å². The molecule has 0 nitrogen and oxygen atoms in total. The summed E-state index contributed by atoms with van der Waals surface area (Å²) in [5.74, 6) is 0.624. The van der Waals surface area contributed by atoms with Crippen LogP contribution in [0.1, 0.15) is 94.2 Å². The summed E-state index contributed by atoms with van der Waals surface area (Å²) in [6, 6.07) is 33.5. The Morgan fingerprint density at radius 2 is 0.917 bits per heavy atom. The van der Waals surface area contributed by atoms with Crippen LogP contribution in [-0.2, 0) is 19.3 Å². The monoisotopic (exact) mass is 500 g/mol. The zero-order valence-corrected chi connectivity index (χ0v) is 23.9. The van der Waals surface area contributed by atoms with Crippen LogP contribution in [0.25, 0.3) is 0 Å². The van der Waals surface area contributed by atoms with E-state index in [1.165, 1.54) is 87.3 Å². The number of unbranched alkanes of at least 4 members (excludes halogenated alkanes) is 9. The van der Waals surface area contributed by atoms with Gasteiger partial charge in [0.1, 0.15) is 0 Å². The fraction of sp³-hybridized carbons (Fsp3) is 0.486. The Hall–Kier alpha value is -1.91. The van der Waals surface area contributed by atoms with Crippen molar-refractivity contribution in [2.75, 3.05) is 0 Å². The Balaban J connectivity index is 1.66. The Morgan fingerprint density at radius 1 is 0.528 bits per heavy atom. The molecule has 194 valence electrons. The lowest BCUT2D eigenvalue weighted by Gasteiger charge is -2.39. The number of rotatable bonds is 18. The van der Waals surface area contributed by atoms with Crippen molar-refractivity contribution in [1.82, 2.24) is 0 Å². The molecule has 0 spiro atoms. The van der Waals surface area contributed by atoms with Crippen molar-refractivity contribution in [1.29, 1.82) is 0 Å². The molecule has 0 radical (unpaired) electrons. The predicted molar refractivity (Wildman–Crippen MR) is 163 cm³/mol. The maximum atomic E-state index is 3.38. The van der Waals surface area contributed by atoms with Gasteiger partial charge in [0.05, 0.1) is 0 Å². The summed E-state index contributed by atoms with van der Waals surface area (Å²) in [5, 5.41) is 0.137. The highest BCUT2D eigenvalue weighted by Crippen LogP contribution is 2.40. The first-order chi connectivity index (χ1) is 17.7. The van der Waals surface area contributed by atoms with E-state index >= 15 is 0 Å². The Kier molecular flexibility index (Phi) is 13.3. The van der Waals surface area contributed by atoms with Gasteiger partial charge in [0.15, 0.2) is 0 Å². The second-order valence-electron chi connectivity index (χ2n) is 10.9. The van der Waals surface area contributed by atoms with E-state index in [1.807, 2.05) is 0 Å². The van der Waals surface area contributed by atoms with Crippen LogP contribution in [0, 0.1) is 5.92 Å². The summed E-state index contributed by atoms with van der Waals surface area (Å²) < 4.78 is 0. The van der Waals surface area contributed by atoms with Gasteiger partial charge in [0.25, 0.3) is 0 Å². The molecule has 0 aliphatic carbocycles. The molecule has 2 unspecified atom stereocenters. The largest absolute Gasteiger partial charge is 0.130 e. The highest BCUT2D eigenvalue weighted by Gasteiger charge is 2.34. The van der Waals surface area contributed by atoms with Gasteiger partial charge in [-0.3, -0.25) is 0 Å². The third-order valence-electron chi connectivity index (χ3n) is 7.80. The molecular formula is C35H49P. The molecule has 0 aromatic heterocycles. The maximum Gasteiger partial charge on any atom is -0.00385 e. The molecular weight excluding hydrogens is 451 g/mol. The second kappa shape index (κ2) is 16.8. The molecule has 3 aromatic carbocycles. The zero-order chi connectivity index (χ0) is 25.3. The Labute approximate surface area is 224 Å². The summed E-state index contributed by atoms with van der Waals surface area (Å²) in [6.07, 6.45) is 18.6. The van der Waals surface area contributed by atoms with E-state index < -0.39 is 0 Å². The lowest BCUT2D eigenvalue weighted by molar-refractivity contribution is 0.330. The summed E-state index contributed by atoms with van der Waals surface area (Å²) in [7, 11) is 3.38. The van der Waals surface area contributed by atoms with Gasteiger partial charge < -0.3 is 0 Å². The minimum Gasteiger partial charge on any atom is -0.130 e. The molecule has 0 heterocycles. The maximum absolute atomic E-state index is 3.38. The van der Waals surface area contributed by atoms with Gasteiger partial charge in [-0.2, -0.15) is 0 Å². The number of hydrogen-bond acceptors (Lipinski definition) is 0. The lowest BCUT2D eigenvalue weighted by Crippen LogP contribution is -2.38. The second-order valence-corrected chi connectivity index (χ2v) is 12.1. The molecule has 3 aromatic rings. The van der Waals surface area contributed by atoms with Crippen molar-refractivity contribution >= 4 is 9.24 Å². The fourth-order valence-electron chi connectivity index (χ4n) is 5.67. The van der Waals surface area contributed by atoms with Gasteiger partial charge in [-0.25, -0.2) is 0 Å². The van der Waals surface area contributed by atoms with Gasteiger partial charge in [-0.15, -0.1) is 9.24 Å². The minimum atomic E-state index is 0.137. The summed E-state index contributed by atoms with van der Waals surface area (Å²) >= 11 is 0. The van der Waals surface area contributed by atoms with Gasteiger partial charge >= 0.3 is 0 Å². The van der Waals surface area contributed by atoms with Crippen molar-refractivity contribution in [2.24, 2.45) is 5.92 Å². The standard InChI is InChI=1S/C35H49P/c1-2-3-4-5-6-7-8-9-10-20-27-34(28-31-21-14-11-15-22-31)35(36,29-32-23-16-12-17-24-32)30-33-25-18-13-19-26-33/h11-19,21-26,34H,2-10,20,27-30,36H2,1H3. The van der Waals surface area contributed by atoms with Crippen LogP contribution in [0.2, 0.25) is 0 Å². The van der Waals surface area contributed by atoms with Crippen molar-refractivity contribution in [3.8, 4) is 0 Å². The lowest BCUT2D eigenvalue weighted by atomic mass is 9.75. The molecule has 1 heteroatoms. The first-order valence-electron chi connectivity index (χ1n) is 14.6. The smallest absolute Gasteiger partial charge is 0.00385 e. The van der Waals surface area contributed by atoms with Crippen LogP contribution in [-0.4, -0.2) is 5.16 Å². The van der Waals surface area contributed by atoms with Crippen molar-refractivity contribution in [3.63, 3.8) is 0 Å². The average molecular weight is 501 g/mol. The normalized spacial score (nSPS) is 12.5. The highest BCUT2D eigenvalue weighted by molar-refractivity contribution is 7.19. The third-order valence-corrected chi connectivity index (χ3v) is 8.68. The first-order valence-corrected chi connectivity index (χ1v) is 15.2. The summed E-state index contributed by atoms with van der Waals surface area (Å²) in [4.78, 5) is 0. The molecule has 0 N–H and O–H groups in total. The van der Waals surface area contributed by atoms with Gasteiger partial charge in [-0.1, -0.05) is 162 Å². The quantitative estimate of drug-likeness (QED) is 0.120. The van der Waals surface area contributed by atoms with Crippen LogP contribution in [0.3, 0.4) is 0 Å². The van der Waals surface area contributed by atoms with E-state index in [2.05, 4.69) is 107 Å². The highest BCUT2D eigenvalue weighted by atomic mass is 31.0. The van der Waals surface area contributed by atoms with Crippen LogP contribution >= 0.6 is 9.24 Å². The Morgan fingerprint density at radius 3 is 1.36 bits per heavy atom. The van der Waals surface area contributed by atoms with Gasteiger partial charge in [-0.05, 0) is 53.4 Å². The zero-order valence-electron chi connectivity index (χ0n) is 22.7. The van der Waals surface area contributed by atoms with E-state index in [0.29, 0.717) is 5.92 Å². The molecule has 0 saturated carbocycles. The molecule has 0 aliphatic rings. The molecule has 0 saturated heterocycles. The van der Waals surface area contributed by atoms with Crippen molar-refractivity contribution < 1.29 is 0 Å². The predicted octanol–water partition coefficient (Wildman–Crippen LogP) is 10.3. The van der Waals surface area contributed by atoms with Crippen LogP contribution < -0.4 is 0 Å². The van der Waals surface area contributed by atoms with E-state index in [-0.39, 0.29) is 5.16 Å². The molecule has 2 atom stereocenters. The van der Waals surface area contributed by atoms with Crippen LogP contribution in [0.5, 0.6) is 0 Å². The summed E-state index contributed by atoms with van der Waals surface area (Å²) in [6.45, 7) is 2.30. The first kappa shape index (κ1) is 28.7. The molecule has 3 rings (SSSR count). The number of hydrogen-bond donors (Lipinski definition) is 0. The SMILES string of the molecule is CCCCCCCCCCCCC(Cc1ccccc1)C(P)(Cc1ccccc1)Cc1ccccc1. The van der Waals surface area contributed by atoms with Gasteiger partial charge in [0, 0.05) is 0 Å². The van der Waals surface area contributed by atoms with Crippen LogP contribution in [0.15, 0.2) is 91.0 Å². The average Bonchev–Trinajstić information content (AvgIpc) is 2.90. The molecule has 0 amide bonds. The fourth-order valence-corrected chi connectivity index (χ4v) is 6.43.